The highest BCUT2D eigenvalue weighted by molar-refractivity contribution is 9.10. The molecule has 2 heterocycles. The molecule has 0 saturated heterocycles. The van der Waals surface area contributed by atoms with Crippen molar-refractivity contribution in [1.82, 2.24) is 4.98 Å². The number of methoxy groups -OCH3 is 1. The number of aromatic nitrogens is 1. The quantitative estimate of drug-likeness (QED) is 0.527. The van der Waals surface area contributed by atoms with Gasteiger partial charge in [-0.3, -0.25) is 4.90 Å². The number of urea groups is 1. The minimum atomic E-state index is -0.778. The molecule has 0 aliphatic heterocycles. The number of anilines is 2. The summed E-state index contributed by atoms with van der Waals surface area (Å²) < 4.78 is 10.9. The zero-order chi connectivity index (χ0) is 18.1. The van der Waals surface area contributed by atoms with Crippen molar-refractivity contribution < 1.29 is 18.7 Å². The standard InChI is InChI=1S/C17H14BrN3O4/c1-9-4-3-5-10(8-9)21(17(19)23)14-13-11(6-7-12(18)20-13)25-15(14)16(22)24-2/h3-8H,1-2H3,(H2,19,23). The van der Waals surface area contributed by atoms with E-state index in [1.54, 1.807) is 30.3 Å². The smallest absolute Gasteiger partial charge is 0.376 e. The number of ether oxygens (including phenoxy) is 1. The van der Waals surface area contributed by atoms with Crippen molar-refractivity contribution in [2.45, 2.75) is 6.92 Å². The molecule has 25 heavy (non-hydrogen) atoms. The molecular formula is C17H14BrN3O4. The number of hydrogen-bond donors (Lipinski definition) is 1. The van der Waals surface area contributed by atoms with Crippen LogP contribution in [-0.2, 0) is 4.74 Å². The predicted octanol–water partition coefficient (Wildman–Crippen LogP) is 3.90. The van der Waals surface area contributed by atoms with E-state index in [0.717, 1.165) is 5.56 Å². The lowest BCUT2D eigenvalue weighted by molar-refractivity contribution is 0.0569. The van der Waals surface area contributed by atoms with Crippen LogP contribution in [-0.4, -0.2) is 24.1 Å². The minimum Gasteiger partial charge on any atom is -0.463 e. The molecule has 0 spiro atoms. The van der Waals surface area contributed by atoms with Gasteiger partial charge in [-0.05, 0) is 52.7 Å². The zero-order valence-corrected chi connectivity index (χ0v) is 15.0. The number of carbonyl (C=O) groups is 2. The van der Waals surface area contributed by atoms with E-state index in [0.29, 0.717) is 21.4 Å². The van der Waals surface area contributed by atoms with Crippen molar-refractivity contribution in [2.75, 3.05) is 12.0 Å². The van der Waals surface area contributed by atoms with Crippen LogP contribution in [0.5, 0.6) is 0 Å². The number of rotatable bonds is 3. The number of fused-ring (bicyclic) bond motifs is 1. The van der Waals surface area contributed by atoms with Gasteiger partial charge in [0.1, 0.15) is 15.8 Å². The van der Waals surface area contributed by atoms with Crippen LogP contribution in [0.25, 0.3) is 11.1 Å². The Morgan fingerprint density at radius 3 is 2.68 bits per heavy atom. The molecule has 0 unspecified atom stereocenters. The molecule has 0 atom stereocenters. The van der Waals surface area contributed by atoms with Crippen molar-refractivity contribution in [3.05, 3.63) is 52.3 Å². The van der Waals surface area contributed by atoms with Crippen LogP contribution in [0, 0.1) is 6.92 Å². The summed E-state index contributed by atoms with van der Waals surface area (Å²) in [6.07, 6.45) is 0. The number of benzene rings is 1. The summed E-state index contributed by atoms with van der Waals surface area (Å²) in [5.74, 6) is -0.883. The molecule has 2 N–H and O–H groups in total. The Kier molecular flexibility index (Phi) is 4.45. The predicted molar refractivity (Wildman–Crippen MR) is 95.9 cm³/mol. The Hall–Kier alpha value is -2.87. The molecular weight excluding hydrogens is 390 g/mol. The summed E-state index contributed by atoms with van der Waals surface area (Å²) in [4.78, 5) is 29.9. The minimum absolute atomic E-state index is 0.140. The number of hydrogen-bond acceptors (Lipinski definition) is 5. The van der Waals surface area contributed by atoms with E-state index in [2.05, 4.69) is 20.9 Å². The molecule has 2 amide bonds. The average Bonchev–Trinajstić information content (AvgIpc) is 2.93. The van der Waals surface area contributed by atoms with Gasteiger partial charge in [0.2, 0.25) is 5.76 Å². The first-order chi connectivity index (χ1) is 11.9. The van der Waals surface area contributed by atoms with E-state index in [1.807, 2.05) is 13.0 Å². The fourth-order valence-electron chi connectivity index (χ4n) is 2.51. The SMILES string of the molecule is COC(=O)c1oc2ccc(Br)nc2c1N(C(N)=O)c1cccc(C)c1. The second kappa shape index (κ2) is 6.56. The zero-order valence-electron chi connectivity index (χ0n) is 13.4. The number of aryl methyl sites for hydroxylation is 1. The van der Waals surface area contributed by atoms with E-state index in [4.69, 9.17) is 14.9 Å². The van der Waals surface area contributed by atoms with Gasteiger partial charge in [-0.25, -0.2) is 14.6 Å². The lowest BCUT2D eigenvalue weighted by Crippen LogP contribution is -2.32. The van der Waals surface area contributed by atoms with Gasteiger partial charge in [-0.1, -0.05) is 12.1 Å². The highest BCUT2D eigenvalue weighted by Gasteiger charge is 2.30. The fraction of sp³-hybridized carbons (Fsp3) is 0.118. The summed E-state index contributed by atoms with van der Waals surface area (Å²) in [7, 11) is 1.23. The first-order valence-corrected chi connectivity index (χ1v) is 8.05. The molecule has 2 aromatic heterocycles. The monoisotopic (exact) mass is 403 g/mol. The summed E-state index contributed by atoms with van der Waals surface area (Å²) in [6, 6.07) is 9.66. The number of carbonyl (C=O) groups excluding carboxylic acids is 2. The van der Waals surface area contributed by atoms with E-state index in [9.17, 15) is 9.59 Å². The van der Waals surface area contributed by atoms with Gasteiger partial charge < -0.3 is 14.9 Å². The normalized spacial score (nSPS) is 10.7. The summed E-state index contributed by atoms with van der Waals surface area (Å²) >= 11 is 3.28. The maximum absolute atomic E-state index is 12.2. The lowest BCUT2D eigenvalue weighted by Gasteiger charge is -2.20. The average molecular weight is 404 g/mol. The third-order valence-corrected chi connectivity index (χ3v) is 3.99. The molecule has 1 aromatic carbocycles. The Morgan fingerprint density at radius 1 is 1.28 bits per heavy atom. The molecule has 0 fully saturated rings. The molecule has 8 heteroatoms. The van der Waals surface area contributed by atoms with Gasteiger partial charge in [0.05, 0.1) is 12.8 Å². The number of primary amides is 1. The third kappa shape index (κ3) is 3.08. The summed E-state index contributed by atoms with van der Waals surface area (Å²) in [5.41, 5.74) is 7.80. The molecule has 0 aliphatic rings. The van der Waals surface area contributed by atoms with Crippen molar-refractivity contribution in [3.8, 4) is 0 Å². The molecule has 0 bridgehead atoms. The maximum atomic E-state index is 12.2. The van der Waals surface area contributed by atoms with Gasteiger partial charge in [-0.15, -0.1) is 0 Å². The van der Waals surface area contributed by atoms with Crippen molar-refractivity contribution >= 4 is 50.4 Å². The van der Waals surface area contributed by atoms with E-state index in [-0.39, 0.29) is 11.4 Å². The van der Waals surface area contributed by atoms with Gasteiger partial charge in [0.25, 0.3) is 0 Å². The topological polar surface area (TPSA) is 98.7 Å². The molecule has 0 saturated carbocycles. The molecule has 7 nitrogen and oxygen atoms in total. The van der Waals surface area contributed by atoms with Crippen LogP contribution in [0.1, 0.15) is 16.1 Å². The Labute approximate surface area is 151 Å². The second-order valence-electron chi connectivity index (χ2n) is 5.26. The van der Waals surface area contributed by atoms with E-state index >= 15 is 0 Å². The number of halogens is 1. The molecule has 0 aliphatic carbocycles. The van der Waals surface area contributed by atoms with Crippen LogP contribution in [0.15, 0.2) is 45.4 Å². The highest BCUT2D eigenvalue weighted by atomic mass is 79.9. The second-order valence-corrected chi connectivity index (χ2v) is 6.08. The lowest BCUT2D eigenvalue weighted by atomic mass is 10.2. The number of nitrogens with zero attached hydrogens (tertiary/aromatic N) is 2. The molecule has 3 rings (SSSR count). The molecule has 0 radical (unpaired) electrons. The van der Waals surface area contributed by atoms with Gasteiger partial charge >= 0.3 is 12.0 Å². The van der Waals surface area contributed by atoms with Crippen molar-refractivity contribution in [1.29, 1.82) is 0 Å². The van der Waals surface area contributed by atoms with Crippen LogP contribution in [0.4, 0.5) is 16.2 Å². The summed E-state index contributed by atoms with van der Waals surface area (Å²) in [5, 5.41) is 0. The van der Waals surface area contributed by atoms with Crippen LogP contribution < -0.4 is 10.6 Å². The molecule has 128 valence electrons. The number of esters is 1. The van der Waals surface area contributed by atoms with Crippen LogP contribution >= 0.6 is 15.9 Å². The highest BCUT2D eigenvalue weighted by Crippen LogP contribution is 2.38. The van der Waals surface area contributed by atoms with Crippen LogP contribution in [0.2, 0.25) is 0 Å². The van der Waals surface area contributed by atoms with E-state index < -0.39 is 12.0 Å². The van der Waals surface area contributed by atoms with Gasteiger partial charge in [0, 0.05) is 0 Å². The Morgan fingerprint density at radius 2 is 2.04 bits per heavy atom. The van der Waals surface area contributed by atoms with Gasteiger partial charge in [-0.2, -0.15) is 0 Å². The number of pyridine rings is 1. The fourth-order valence-corrected chi connectivity index (χ4v) is 2.82. The first kappa shape index (κ1) is 17.0. The van der Waals surface area contributed by atoms with Gasteiger partial charge in [0.15, 0.2) is 5.58 Å². The third-order valence-electron chi connectivity index (χ3n) is 3.55. The molecule has 3 aromatic rings. The Balaban J connectivity index is 2.34. The van der Waals surface area contributed by atoms with Crippen molar-refractivity contribution in [2.24, 2.45) is 5.73 Å². The number of amides is 2. The summed E-state index contributed by atoms with van der Waals surface area (Å²) in [6.45, 7) is 1.88. The van der Waals surface area contributed by atoms with Crippen LogP contribution in [0.3, 0.4) is 0 Å². The Bertz CT molecular complexity index is 983. The van der Waals surface area contributed by atoms with E-state index in [1.165, 1.54) is 12.0 Å². The maximum Gasteiger partial charge on any atom is 0.376 e. The number of furan rings is 1. The van der Waals surface area contributed by atoms with Crippen molar-refractivity contribution in [3.63, 3.8) is 0 Å². The first-order valence-electron chi connectivity index (χ1n) is 7.26. The number of nitrogens with two attached hydrogens (primary N) is 1. The largest absolute Gasteiger partial charge is 0.463 e.